The van der Waals surface area contributed by atoms with Crippen molar-refractivity contribution in [1.82, 2.24) is 14.4 Å². The minimum absolute atomic E-state index is 0.0574. The van der Waals surface area contributed by atoms with Crippen molar-refractivity contribution in [2.45, 2.75) is 0 Å². The normalized spacial score (nSPS) is 10.9. The largest absolute Gasteiger partial charge is 0.268 e. The first-order valence-electron chi connectivity index (χ1n) is 4.57. The van der Waals surface area contributed by atoms with Gasteiger partial charge < -0.3 is 0 Å². The molecular weight excluding hydrogens is 190 g/mol. The van der Waals surface area contributed by atoms with Crippen LogP contribution in [-0.2, 0) is 0 Å². The number of rotatable bonds is 0. The Hall–Kier alpha value is -2.23. The van der Waals surface area contributed by atoms with Crippen LogP contribution in [0.15, 0.2) is 47.7 Å². The summed E-state index contributed by atoms with van der Waals surface area (Å²) in [5.41, 5.74) is 1.22. The Labute approximate surface area is 84.8 Å². The highest BCUT2D eigenvalue weighted by Gasteiger charge is 2.02. The average molecular weight is 197 g/mol. The summed E-state index contributed by atoms with van der Waals surface area (Å²) in [6.07, 6.45) is 4.77. The summed E-state index contributed by atoms with van der Waals surface area (Å²) in [6.45, 7) is 0. The van der Waals surface area contributed by atoms with Gasteiger partial charge in [-0.3, -0.25) is 14.2 Å². The molecule has 2 aromatic heterocycles. The zero-order chi connectivity index (χ0) is 10.3. The van der Waals surface area contributed by atoms with E-state index in [0.717, 1.165) is 0 Å². The molecule has 1 aromatic carbocycles. The van der Waals surface area contributed by atoms with Crippen LogP contribution in [0.2, 0.25) is 0 Å². The molecule has 0 aliphatic rings. The third-order valence-corrected chi connectivity index (χ3v) is 2.33. The van der Waals surface area contributed by atoms with Gasteiger partial charge in [-0.05, 0) is 12.1 Å². The van der Waals surface area contributed by atoms with E-state index >= 15 is 0 Å². The second-order valence-corrected chi connectivity index (χ2v) is 3.24. The van der Waals surface area contributed by atoms with E-state index in [9.17, 15) is 4.79 Å². The van der Waals surface area contributed by atoms with Crippen LogP contribution in [0.1, 0.15) is 0 Å². The molecule has 0 N–H and O–H groups in total. The van der Waals surface area contributed by atoms with Crippen molar-refractivity contribution >= 4 is 16.6 Å². The van der Waals surface area contributed by atoms with Crippen LogP contribution in [-0.4, -0.2) is 14.4 Å². The van der Waals surface area contributed by atoms with Crippen LogP contribution in [0.4, 0.5) is 0 Å². The molecule has 0 atom stereocenters. The molecule has 4 heteroatoms. The molecular formula is C11H7N3O. The highest BCUT2D eigenvalue weighted by molar-refractivity contribution is 5.79. The van der Waals surface area contributed by atoms with Crippen molar-refractivity contribution in [2.75, 3.05) is 0 Å². The lowest BCUT2D eigenvalue weighted by atomic mass is 10.2. The third kappa shape index (κ3) is 1.11. The predicted molar refractivity (Wildman–Crippen MR) is 56.8 cm³/mol. The molecule has 0 aliphatic carbocycles. The van der Waals surface area contributed by atoms with E-state index in [4.69, 9.17) is 0 Å². The van der Waals surface area contributed by atoms with Crippen LogP contribution in [0, 0.1) is 0 Å². The van der Waals surface area contributed by atoms with Crippen LogP contribution in [0.3, 0.4) is 0 Å². The van der Waals surface area contributed by atoms with Crippen molar-refractivity contribution in [3.8, 4) is 0 Å². The van der Waals surface area contributed by atoms with E-state index in [0.29, 0.717) is 16.6 Å². The Bertz CT molecular complexity index is 646. The lowest BCUT2D eigenvalue weighted by Crippen LogP contribution is -2.14. The number of hydrogen-bond acceptors (Lipinski definition) is 3. The first-order valence-corrected chi connectivity index (χ1v) is 4.57. The molecule has 0 amide bonds. The van der Waals surface area contributed by atoms with E-state index in [1.165, 1.54) is 4.40 Å². The first-order chi connectivity index (χ1) is 7.36. The Balaban J connectivity index is 2.66. The van der Waals surface area contributed by atoms with E-state index < -0.39 is 0 Å². The van der Waals surface area contributed by atoms with Gasteiger partial charge in [0.1, 0.15) is 0 Å². The standard InChI is InChI=1S/C11H7N3O/c15-11-8-3-1-2-4-9(8)13-10-7-12-5-6-14(10)11/h1-7H. The van der Waals surface area contributed by atoms with Gasteiger partial charge in [0.15, 0.2) is 5.65 Å². The number of hydrogen-bond donors (Lipinski definition) is 0. The van der Waals surface area contributed by atoms with Crippen LogP contribution in [0.25, 0.3) is 16.6 Å². The minimum atomic E-state index is -0.0574. The van der Waals surface area contributed by atoms with Crippen molar-refractivity contribution in [3.05, 3.63) is 53.2 Å². The summed E-state index contributed by atoms with van der Waals surface area (Å²) >= 11 is 0. The second kappa shape index (κ2) is 2.88. The number of fused-ring (bicyclic) bond motifs is 2. The minimum Gasteiger partial charge on any atom is -0.268 e. The molecule has 0 radical (unpaired) electrons. The van der Waals surface area contributed by atoms with Crippen molar-refractivity contribution < 1.29 is 0 Å². The Kier molecular flexibility index (Phi) is 1.56. The quantitative estimate of drug-likeness (QED) is 0.509. The summed E-state index contributed by atoms with van der Waals surface area (Å²) in [5, 5.41) is 0.626. The van der Waals surface area contributed by atoms with Gasteiger partial charge in [-0.25, -0.2) is 4.98 Å². The lowest BCUT2D eigenvalue weighted by Gasteiger charge is -2.00. The van der Waals surface area contributed by atoms with Crippen molar-refractivity contribution in [2.24, 2.45) is 0 Å². The SMILES string of the molecule is O=c1c2ccccc2nc2cnccn12. The van der Waals surface area contributed by atoms with Gasteiger partial charge in [0.2, 0.25) is 0 Å². The average Bonchev–Trinajstić information content (AvgIpc) is 2.30. The highest BCUT2D eigenvalue weighted by Crippen LogP contribution is 2.07. The van der Waals surface area contributed by atoms with Crippen LogP contribution in [0.5, 0.6) is 0 Å². The summed E-state index contributed by atoms with van der Waals surface area (Å²) < 4.78 is 1.50. The molecule has 0 unspecified atom stereocenters. The molecule has 0 fully saturated rings. The molecule has 0 spiro atoms. The molecule has 4 nitrogen and oxygen atoms in total. The fourth-order valence-corrected chi connectivity index (χ4v) is 1.61. The molecule has 0 saturated carbocycles. The van der Waals surface area contributed by atoms with E-state index in [2.05, 4.69) is 9.97 Å². The van der Waals surface area contributed by atoms with Crippen LogP contribution >= 0.6 is 0 Å². The smallest absolute Gasteiger partial charge is 0.265 e. The second-order valence-electron chi connectivity index (χ2n) is 3.24. The fourth-order valence-electron chi connectivity index (χ4n) is 1.61. The zero-order valence-electron chi connectivity index (χ0n) is 7.79. The molecule has 15 heavy (non-hydrogen) atoms. The molecule has 0 aliphatic heterocycles. The lowest BCUT2D eigenvalue weighted by molar-refractivity contribution is 1.04. The maximum absolute atomic E-state index is 12.0. The molecule has 0 bridgehead atoms. The van der Waals surface area contributed by atoms with Gasteiger partial charge in [-0.2, -0.15) is 0 Å². The molecule has 72 valence electrons. The Morgan fingerprint density at radius 2 is 2.07 bits per heavy atom. The fraction of sp³-hybridized carbons (Fsp3) is 0. The summed E-state index contributed by atoms with van der Waals surface area (Å²) in [5.74, 6) is 0. The van der Waals surface area contributed by atoms with Gasteiger partial charge in [0.05, 0.1) is 17.1 Å². The molecule has 2 heterocycles. The van der Waals surface area contributed by atoms with Gasteiger partial charge in [-0.15, -0.1) is 0 Å². The zero-order valence-corrected chi connectivity index (χ0v) is 7.79. The number of para-hydroxylation sites is 1. The topological polar surface area (TPSA) is 47.3 Å². The maximum Gasteiger partial charge on any atom is 0.265 e. The van der Waals surface area contributed by atoms with Crippen molar-refractivity contribution in [3.63, 3.8) is 0 Å². The third-order valence-electron chi connectivity index (χ3n) is 2.33. The van der Waals surface area contributed by atoms with Gasteiger partial charge in [0.25, 0.3) is 5.56 Å². The maximum atomic E-state index is 12.0. The summed E-state index contributed by atoms with van der Waals surface area (Å²) in [7, 11) is 0. The van der Waals surface area contributed by atoms with E-state index in [-0.39, 0.29) is 5.56 Å². The summed E-state index contributed by atoms with van der Waals surface area (Å²) in [4.78, 5) is 20.3. The molecule has 3 aromatic rings. The van der Waals surface area contributed by atoms with Gasteiger partial charge in [-0.1, -0.05) is 12.1 Å². The number of nitrogens with zero attached hydrogens (tertiary/aromatic N) is 3. The van der Waals surface area contributed by atoms with E-state index in [1.807, 2.05) is 18.2 Å². The van der Waals surface area contributed by atoms with Crippen LogP contribution < -0.4 is 5.56 Å². The van der Waals surface area contributed by atoms with Gasteiger partial charge in [0, 0.05) is 12.4 Å². The number of aromatic nitrogens is 3. The van der Waals surface area contributed by atoms with Crippen molar-refractivity contribution in [1.29, 1.82) is 0 Å². The molecule has 3 rings (SSSR count). The first kappa shape index (κ1) is 8.11. The summed E-state index contributed by atoms with van der Waals surface area (Å²) in [6, 6.07) is 7.29. The van der Waals surface area contributed by atoms with Gasteiger partial charge >= 0.3 is 0 Å². The Morgan fingerprint density at radius 3 is 3.00 bits per heavy atom. The predicted octanol–water partition coefficient (Wildman–Crippen LogP) is 1.24. The monoisotopic (exact) mass is 197 g/mol. The number of benzene rings is 1. The Morgan fingerprint density at radius 1 is 1.20 bits per heavy atom. The van der Waals surface area contributed by atoms with E-state index in [1.54, 1.807) is 24.7 Å². The highest BCUT2D eigenvalue weighted by atomic mass is 16.1. The molecule has 0 saturated heterocycles.